The summed E-state index contributed by atoms with van der Waals surface area (Å²) in [5, 5.41) is 8.69. The van der Waals surface area contributed by atoms with Crippen LogP contribution in [0.25, 0.3) is 0 Å². The van der Waals surface area contributed by atoms with Gasteiger partial charge in [0, 0.05) is 0 Å². The minimum atomic E-state index is 0.0528. The average Bonchev–Trinajstić information content (AvgIpc) is 2.64. The van der Waals surface area contributed by atoms with Crippen molar-refractivity contribution in [3.63, 3.8) is 0 Å². The first-order valence-corrected chi connectivity index (χ1v) is 3.73. The molecular formula is C9H13N. The van der Waals surface area contributed by atoms with Crippen molar-refractivity contribution in [3.8, 4) is 6.07 Å². The minimum absolute atomic E-state index is 0.0528. The molecule has 0 radical (unpaired) electrons. The van der Waals surface area contributed by atoms with Crippen LogP contribution in [0, 0.1) is 16.7 Å². The van der Waals surface area contributed by atoms with E-state index >= 15 is 0 Å². The first-order valence-electron chi connectivity index (χ1n) is 3.73. The lowest BCUT2D eigenvalue weighted by atomic mass is 10.0. The number of rotatable bonds is 2. The molecule has 0 aromatic carbocycles. The Kier molecular flexibility index (Phi) is 1.80. The van der Waals surface area contributed by atoms with Crippen LogP contribution in [-0.2, 0) is 0 Å². The van der Waals surface area contributed by atoms with Crippen molar-refractivity contribution >= 4 is 0 Å². The van der Waals surface area contributed by atoms with E-state index in [1.807, 2.05) is 0 Å². The van der Waals surface area contributed by atoms with E-state index in [-0.39, 0.29) is 5.41 Å². The quantitative estimate of drug-likeness (QED) is 0.534. The van der Waals surface area contributed by atoms with E-state index in [9.17, 15) is 0 Å². The second-order valence-electron chi connectivity index (χ2n) is 3.38. The molecule has 0 amide bonds. The van der Waals surface area contributed by atoms with Gasteiger partial charge in [-0.05, 0) is 33.1 Å². The normalized spacial score (nSPS) is 19.3. The van der Waals surface area contributed by atoms with Crippen LogP contribution in [0.4, 0.5) is 0 Å². The number of nitrogens with zero attached hydrogens (tertiary/aromatic N) is 1. The highest BCUT2D eigenvalue weighted by Gasteiger charge is 2.41. The Labute approximate surface area is 62.4 Å². The van der Waals surface area contributed by atoms with E-state index in [4.69, 9.17) is 5.26 Å². The molecule has 1 aliphatic rings. The van der Waals surface area contributed by atoms with Gasteiger partial charge >= 0.3 is 0 Å². The fraction of sp³-hybridized carbons (Fsp3) is 0.667. The summed E-state index contributed by atoms with van der Waals surface area (Å²) in [6.07, 6.45) is 5.34. The van der Waals surface area contributed by atoms with E-state index in [0.29, 0.717) is 0 Å². The summed E-state index contributed by atoms with van der Waals surface area (Å²) < 4.78 is 0. The third-order valence-corrected chi connectivity index (χ3v) is 1.99. The van der Waals surface area contributed by atoms with Gasteiger partial charge in [0.05, 0.1) is 11.5 Å². The van der Waals surface area contributed by atoms with E-state index < -0.39 is 0 Å². The maximum atomic E-state index is 8.69. The maximum Gasteiger partial charge on any atom is 0.0693 e. The van der Waals surface area contributed by atoms with Crippen molar-refractivity contribution in [1.82, 2.24) is 0 Å². The molecule has 1 rings (SSSR count). The lowest BCUT2D eigenvalue weighted by Crippen LogP contribution is -1.92. The van der Waals surface area contributed by atoms with E-state index in [1.165, 1.54) is 5.57 Å². The molecule has 0 atom stereocenters. The van der Waals surface area contributed by atoms with Gasteiger partial charge in [-0.1, -0.05) is 11.6 Å². The molecule has 1 fully saturated rings. The summed E-state index contributed by atoms with van der Waals surface area (Å²) in [7, 11) is 0. The molecule has 0 aromatic heterocycles. The third-order valence-electron chi connectivity index (χ3n) is 1.99. The average molecular weight is 135 g/mol. The number of hydrogen-bond acceptors (Lipinski definition) is 1. The highest BCUT2D eigenvalue weighted by Crippen LogP contribution is 2.48. The zero-order valence-corrected chi connectivity index (χ0v) is 6.65. The Bertz CT molecular complexity index is 187. The largest absolute Gasteiger partial charge is 0.198 e. The summed E-state index contributed by atoms with van der Waals surface area (Å²) in [5.41, 5.74) is 1.37. The molecule has 0 saturated heterocycles. The van der Waals surface area contributed by atoms with E-state index in [1.54, 1.807) is 0 Å². The minimum Gasteiger partial charge on any atom is -0.198 e. The molecule has 0 heterocycles. The van der Waals surface area contributed by atoms with Crippen LogP contribution in [0.2, 0.25) is 0 Å². The van der Waals surface area contributed by atoms with Crippen LogP contribution >= 0.6 is 0 Å². The maximum absolute atomic E-state index is 8.69. The fourth-order valence-electron chi connectivity index (χ4n) is 0.912. The zero-order chi connectivity index (χ0) is 7.61. The standard InChI is InChI=1S/C9H13N/c1-8(2)3-4-9(7-10)5-6-9/h3H,4-6H2,1-2H3. The molecular weight excluding hydrogens is 122 g/mol. The van der Waals surface area contributed by atoms with Crippen LogP contribution < -0.4 is 0 Å². The molecule has 0 aliphatic heterocycles. The smallest absolute Gasteiger partial charge is 0.0693 e. The van der Waals surface area contributed by atoms with Crippen LogP contribution in [0.5, 0.6) is 0 Å². The van der Waals surface area contributed by atoms with Gasteiger partial charge in [0.25, 0.3) is 0 Å². The lowest BCUT2D eigenvalue weighted by molar-refractivity contribution is 0.681. The molecule has 0 unspecified atom stereocenters. The van der Waals surface area contributed by atoms with Crippen molar-refractivity contribution in [2.75, 3.05) is 0 Å². The highest BCUT2D eigenvalue weighted by atomic mass is 14.5. The van der Waals surface area contributed by atoms with Gasteiger partial charge in [-0.15, -0.1) is 0 Å². The second kappa shape index (κ2) is 2.46. The van der Waals surface area contributed by atoms with Crippen molar-refractivity contribution in [3.05, 3.63) is 11.6 Å². The molecule has 0 aromatic rings. The van der Waals surface area contributed by atoms with E-state index in [0.717, 1.165) is 19.3 Å². The molecule has 10 heavy (non-hydrogen) atoms. The second-order valence-corrected chi connectivity index (χ2v) is 3.38. The molecule has 1 heteroatoms. The summed E-state index contributed by atoms with van der Waals surface area (Å²) in [6, 6.07) is 2.36. The van der Waals surface area contributed by atoms with Crippen molar-refractivity contribution in [1.29, 1.82) is 5.26 Å². The zero-order valence-electron chi connectivity index (χ0n) is 6.65. The Hall–Kier alpha value is -0.770. The van der Waals surface area contributed by atoms with Crippen LogP contribution in [-0.4, -0.2) is 0 Å². The number of nitriles is 1. The van der Waals surface area contributed by atoms with Gasteiger partial charge in [-0.25, -0.2) is 0 Å². The lowest BCUT2D eigenvalue weighted by Gasteiger charge is -1.98. The van der Waals surface area contributed by atoms with Crippen LogP contribution in [0.3, 0.4) is 0 Å². The predicted molar refractivity (Wildman–Crippen MR) is 41.3 cm³/mol. The summed E-state index contributed by atoms with van der Waals surface area (Å²) in [5.74, 6) is 0. The van der Waals surface area contributed by atoms with Crippen molar-refractivity contribution in [2.45, 2.75) is 33.1 Å². The third kappa shape index (κ3) is 1.60. The van der Waals surface area contributed by atoms with Crippen LogP contribution in [0.15, 0.2) is 11.6 Å². The Morgan fingerprint density at radius 3 is 2.50 bits per heavy atom. The number of allylic oxidation sites excluding steroid dienone is 2. The van der Waals surface area contributed by atoms with Gasteiger partial charge in [-0.3, -0.25) is 0 Å². The highest BCUT2D eigenvalue weighted by molar-refractivity contribution is 5.14. The summed E-state index contributed by atoms with van der Waals surface area (Å²) in [6.45, 7) is 4.15. The molecule has 1 nitrogen and oxygen atoms in total. The molecule has 0 spiro atoms. The molecule has 1 aliphatic carbocycles. The van der Waals surface area contributed by atoms with Gasteiger partial charge in [0.1, 0.15) is 0 Å². The molecule has 0 bridgehead atoms. The van der Waals surface area contributed by atoms with E-state index in [2.05, 4.69) is 26.0 Å². The van der Waals surface area contributed by atoms with Crippen LogP contribution in [0.1, 0.15) is 33.1 Å². The summed E-state index contributed by atoms with van der Waals surface area (Å²) >= 11 is 0. The van der Waals surface area contributed by atoms with Gasteiger partial charge in [0.2, 0.25) is 0 Å². The summed E-state index contributed by atoms with van der Waals surface area (Å²) in [4.78, 5) is 0. The Balaban J connectivity index is 2.41. The molecule has 0 N–H and O–H groups in total. The topological polar surface area (TPSA) is 23.8 Å². The molecule has 1 saturated carbocycles. The van der Waals surface area contributed by atoms with Gasteiger partial charge in [0.15, 0.2) is 0 Å². The van der Waals surface area contributed by atoms with Crippen molar-refractivity contribution in [2.24, 2.45) is 5.41 Å². The fourth-order valence-corrected chi connectivity index (χ4v) is 0.912. The monoisotopic (exact) mass is 135 g/mol. The van der Waals surface area contributed by atoms with Crippen molar-refractivity contribution < 1.29 is 0 Å². The first kappa shape index (κ1) is 7.34. The number of hydrogen-bond donors (Lipinski definition) is 0. The molecule has 54 valence electrons. The Morgan fingerprint density at radius 2 is 2.20 bits per heavy atom. The predicted octanol–water partition coefficient (Wildman–Crippen LogP) is 2.65. The SMILES string of the molecule is CC(C)=CCC1(C#N)CC1. The van der Waals surface area contributed by atoms with Gasteiger partial charge in [-0.2, -0.15) is 5.26 Å². The Morgan fingerprint density at radius 1 is 1.60 bits per heavy atom. The van der Waals surface area contributed by atoms with Gasteiger partial charge < -0.3 is 0 Å². The first-order chi connectivity index (χ1) is 4.68.